The number of hydrogen-bond acceptors (Lipinski definition) is 5. The van der Waals surface area contributed by atoms with Gasteiger partial charge in [0, 0.05) is 24.7 Å². The number of aryl methyl sites for hydroxylation is 2. The van der Waals surface area contributed by atoms with E-state index in [1.807, 2.05) is 25.1 Å². The first-order valence-electron chi connectivity index (χ1n) is 11.0. The van der Waals surface area contributed by atoms with E-state index in [9.17, 15) is 9.59 Å². The van der Waals surface area contributed by atoms with Gasteiger partial charge in [-0.1, -0.05) is 13.8 Å². The minimum absolute atomic E-state index is 0.0267. The van der Waals surface area contributed by atoms with Crippen molar-refractivity contribution in [3.05, 3.63) is 44.9 Å². The molecular formula is C25H34BrN3O4. The molecule has 0 bridgehead atoms. The first kappa shape index (κ1) is 26.6. The maximum Gasteiger partial charge on any atom is 0.405 e. The van der Waals surface area contributed by atoms with Gasteiger partial charge in [0.05, 0.1) is 27.7 Å². The van der Waals surface area contributed by atoms with Crippen LogP contribution in [-0.2, 0) is 11.8 Å². The number of nitrogens with zero attached hydrogens (tertiary/aromatic N) is 2. The Hall–Kier alpha value is -2.61. The fourth-order valence-electron chi connectivity index (χ4n) is 3.46. The number of fused-ring (bicyclic) bond motifs is 3. The number of benzene rings is 1. The van der Waals surface area contributed by atoms with Gasteiger partial charge in [-0.25, -0.2) is 4.79 Å². The molecule has 0 aliphatic carbocycles. The molecule has 0 aliphatic rings. The molecule has 2 N–H and O–H groups in total. The van der Waals surface area contributed by atoms with Crippen LogP contribution < -0.4 is 16.0 Å². The van der Waals surface area contributed by atoms with E-state index in [2.05, 4.69) is 39.5 Å². The van der Waals surface area contributed by atoms with Crippen molar-refractivity contribution in [1.29, 1.82) is 0 Å². The molecule has 1 aromatic carbocycles. The van der Waals surface area contributed by atoms with Crippen molar-refractivity contribution in [3.8, 4) is 5.75 Å². The van der Waals surface area contributed by atoms with Crippen molar-refractivity contribution in [2.24, 2.45) is 18.7 Å². The van der Waals surface area contributed by atoms with Crippen molar-refractivity contribution in [2.75, 3.05) is 6.61 Å². The van der Waals surface area contributed by atoms with E-state index in [1.54, 1.807) is 38.6 Å². The first-order chi connectivity index (χ1) is 15.3. The minimum atomic E-state index is -0.725. The quantitative estimate of drug-likeness (QED) is 0.336. The number of carbonyl (C=O) groups is 1. The summed E-state index contributed by atoms with van der Waals surface area (Å²) in [6, 6.07) is 5.89. The zero-order valence-electron chi connectivity index (χ0n) is 20.5. The van der Waals surface area contributed by atoms with Crippen molar-refractivity contribution in [2.45, 2.75) is 60.0 Å². The number of primary amides is 1. The molecule has 0 aliphatic heterocycles. The fraction of sp³-hybridized carbons (Fsp3) is 0.480. The van der Waals surface area contributed by atoms with Gasteiger partial charge in [0.25, 0.3) is 5.56 Å². The molecule has 33 heavy (non-hydrogen) atoms. The van der Waals surface area contributed by atoms with Crippen LogP contribution in [0.3, 0.4) is 0 Å². The molecule has 0 fully saturated rings. The smallest absolute Gasteiger partial charge is 0.405 e. The lowest BCUT2D eigenvalue weighted by Crippen LogP contribution is -2.27. The van der Waals surface area contributed by atoms with Crippen LogP contribution >= 0.6 is 15.9 Å². The van der Waals surface area contributed by atoms with Crippen molar-refractivity contribution >= 4 is 43.7 Å². The highest BCUT2D eigenvalue weighted by molar-refractivity contribution is 9.10. The Morgan fingerprint density at radius 2 is 1.91 bits per heavy atom. The van der Waals surface area contributed by atoms with Crippen LogP contribution in [0.25, 0.3) is 21.7 Å². The third-order valence-corrected chi connectivity index (χ3v) is 5.57. The Bertz CT molecular complexity index is 1200. The van der Waals surface area contributed by atoms with Gasteiger partial charge in [-0.3, -0.25) is 9.78 Å². The average molecular weight is 520 g/mol. The summed E-state index contributed by atoms with van der Waals surface area (Å²) in [6.07, 6.45) is 3.18. The molecular weight excluding hydrogens is 486 g/mol. The molecule has 3 aromatic rings. The zero-order valence-corrected chi connectivity index (χ0v) is 22.1. The standard InChI is InChI=1S/C20H23BrN2O2.C5H11NO2/c1-12(2)6-5-9-25-18-11-17-15(10-16(18)21)14-7-8-22-13(3)19(14)20(24)23(17)4;1-5(2,3)8-4(6)7/h7-8,10-12H,5-6,9H2,1-4H3;1-3H3,(H2,6,7). The van der Waals surface area contributed by atoms with Crippen LogP contribution in [0.15, 0.2) is 33.7 Å². The van der Waals surface area contributed by atoms with Gasteiger partial charge in [0.2, 0.25) is 0 Å². The van der Waals surface area contributed by atoms with Gasteiger partial charge in [-0.15, -0.1) is 0 Å². The van der Waals surface area contributed by atoms with Gasteiger partial charge in [-0.05, 0) is 79.9 Å². The normalized spacial score (nSPS) is 11.4. The SMILES string of the molecule is CC(C)(C)OC(N)=O.Cc1nccc2c1c(=O)n(C)c1cc(OCCCC(C)C)c(Br)cc21. The summed E-state index contributed by atoms with van der Waals surface area (Å²) in [7, 11) is 1.80. The van der Waals surface area contributed by atoms with Crippen LogP contribution in [0, 0.1) is 12.8 Å². The third-order valence-electron chi connectivity index (χ3n) is 4.95. The number of rotatable bonds is 5. The number of pyridine rings is 2. The summed E-state index contributed by atoms with van der Waals surface area (Å²) in [5.41, 5.74) is 5.86. The number of amides is 1. The Morgan fingerprint density at radius 1 is 1.24 bits per heavy atom. The second kappa shape index (κ2) is 11.0. The molecule has 1 amide bonds. The molecule has 0 radical (unpaired) electrons. The van der Waals surface area contributed by atoms with E-state index in [0.29, 0.717) is 17.9 Å². The Morgan fingerprint density at radius 3 is 2.45 bits per heavy atom. The molecule has 3 rings (SSSR count). The van der Waals surface area contributed by atoms with Crippen LogP contribution in [0.1, 0.15) is 53.2 Å². The monoisotopic (exact) mass is 519 g/mol. The first-order valence-corrected chi connectivity index (χ1v) is 11.8. The summed E-state index contributed by atoms with van der Waals surface area (Å²) < 4.78 is 13.1. The zero-order chi connectivity index (χ0) is 24.9. The molecule has 2 heterocycles. The van der Waals surface area contributed by atoms with Crippen LogP contribution in [0.4, 0.5) is 4.79 Å². The lowest BCUT2D eigenvalue weighted by atomic mass is 10.1. The molecule has 0 saturated carbocycles. The molecule has 180 valence electrons. The molecule has 8 heteroatoms. The van der Waals surface area contributed by atoms with E-state index in [4.69, 9.17) is 10.5 Å². The predicted octanol–water partition coefficient (Wildman–Crippen LogP) is 5.85. The molecule has 0 unspecified atom stereocenters. The van der Waals surface area contributed by atoms with Gasteiger partial charge < -0.3 is 19.8 Å². The molecule has 0 atom stereocenters. The highest BCUT2D eigenvalue weighted by Crippen LogP contribution is 2.33. The second-order valence-corrected chi connectivity index (χ2v) is 10.3. The highest BCUT2D eigenvalue weighted by Gasteiger charge is 2.14. The maximum atomic E-state index is 12.8. The number of halogens is 1. The average Bonchev–Trinajstić information content (AvgIpc) is 2.68. The summed E-state index contributed by atoms with van der Waals surface area (Å²) in [4.78, 5) is 27.1. The molecule has 2 aromatic heterocycles. The van der Waals surface area contributed by atoms with Gasteiger partial charge >= 0.3 is 6.09 Å². The number of ether oxygens (including phenoxy) is 2. The van der Waals surface area contributed by atoms with Crippen LogP contribution in [-0.4, -0.2) is 27.9 Å². The number of carbonyl (C=O) groups excluding carboxylic acids is 1. The minimum Gasteiger partial charge on any atom is -0.492 e. The summed E-state index contributed by atoms with van der Waals surface area (Å²) in [5, 5.41) is 2.62. The van der Waals surface area contributed by atoms with Crippen molar-refractivity contribution in [3.63, 3.8) is 0 Å². The maximum absolute atomic E-state index is 12.8. The number of hydrogen-bond donors (Lipinski definition) is 1. The fourth-order valence-corrected chi connectivity index (χ4v) is 3.92. The van der Waals surface area contributed by atoms with Gasteiger partial charge in [0.15, 0.2) is 0 Å². The van der Waals surface area contributed by atoms with E-state index < -0.39 is 11.7 Å². The Labute approximate surface area is 203 Å². The lowest BCUT2D eigenvalue weighted by Gasteiger charge is -2.16. The Kier molecular flexibility index (Phi) is 8.89. The predicted molar refractivity (Wildman–Crippen MR) is 137 cm³/mol. The Balaban J connectivity index is 0.000000414. The van der Waals surface area contributed by atoms with Crippen LogP contribution in [0.2, 0.25) is 0 Å². The van der Waals surface area contributed by atoms with Gasteiger partial charge in [-0.2, -0.15) is 0 Å². The molecule has 7 nitrogen and oxygen atoms in total. The van der Waals surface area contributed by atoms with Crippen molar-refractivity contribution in [1.82, 2.24) is 9.55 Å². The third kappa shape index (κ3) is 7.19. The molecule has 0 spiro atoms. The highest BCUT2D eigenvalue weighted by atomic mass is 79.9. The van der Waals surface area contributed by atoms with Gasteiger partial charge in [0.1, 0.15) is 11.4 Å². The van der Waals surface area contributed by atoms with Crippen molar-refractivity contribution < 1.29 is 14.3 Å². The number of nitrogens with two attached hydrogens (primary N) is 1. The van der Waals surface area contributed by atoms with E-state index >= 15 is 0 Å². The lowest BCUT2D eigenvalue weighted by molar-refractivity contribution is 0.0600. The molecule has 0 saturated heterocycles. The summed E-state index contributed by atoms with van der Waals surface area (Å²) in [5.74, 6) is 1.45. The van der Waals surface area contributed by atoms with E-state index in [1.165, 1.54) is 0 Å². The number of aromatic nitrogens is 2. The van der Waals surface area contributed by atoms with Crippen LogP contribution in [0.5, 0.6) is 5.75 Å². The summed E-state index contributed by atoms with van der Waals surface area (Å²) in [6.45, 7) is 12.3. The van der Waals surface area contributed by atoms with E-state index in [-0.39, 0.29) is 5.56 Å². The topological polar surface area (TPSA) is 96.4 Å². The second-order valence-electron chi connectivity index (χ2n) is 9.40. The largest absolute Gasteiger partial charge is 0.492 e. The summed E-state index contributed by atoms with van der Waals surface area (Å²) >= 11 is 3.62. The van der Waals surface area contributed by atoms with E-state index in [0.717, 1.165) is 45.0 Å².